The van der Waals surface area contributed by atoms with Crippen molar-refractivity contribution in [1.82, 2.24) is 19.7 Å². The van der Waals surface area contributed by atoms with Gasteiger partial charge in [0, 0.05) is 20.6 Å². The van der Waals surface area contributed by atoms with Crippen molar-refractivity contribution in [2.75, 3.05) is 19.0 Å². The summed E-state index contributed by atoms with van der Waals surface area (Å²) in [5.74, 6) is 0.904. The van der Waals surface area contributed by atoms with Gasteiger partial charge in [0.2, 0.25) is 0 Å². The topological polar surface area (TPSA) is 49.7 Å². The van der Waals surface area contributed by atoms with Crippen LogP contribution in [0.25, 0.3) is 10.7 Å². The van der Waals surface area contributed by atoms with Gasteiger partial charge in [0.25, 0.3) is 0 Å². The number of nitrogens with zero attached hydrogens (tertiary/aromatic N) is 4. The second-order valence-electron chi connectivity index (χ2n) is 4.66. The summed E-state index contributed by atoms with van der Waals surface area (Å²) in [6.45, 7) is 5.09. The van der Waals surface area contributed by atoms with E-state index in [9.17, 15) is 0 Å². The van der Waals surface area contributed by atoms with E-state index in [-0.39, 0.29) is 0 Å². The van der Waals surface area contributed by atoms with Crippen LogP contribution in [0.1, 0.15) is 25.5 Å². The summed E-state index contributed by atoms with van der Waals surface area (Å²) in [7, 11) is 3.99. The van der Waals surface area contributed by atoms with Crippen LogP contribution in [0.2, 0.25) is 0 Å². The molecule has 19 heavy (non-hydrogen) atoms. The van der Waals surface area contributed by atoms with E-state index in [2.05, 4.69) is 26.7 Å². The number of H-pyrrole nitrogens is 1. The van der Waals surface area contributed by atoms with Gasteiger partial charge in [-0.15, -0.1) is 0 Å². The van der Waals surface area contributed by atoms with Crippen molar-refractivity contribution in [2.24, 2.45) is 0 Å². The van der Waals surface area contributed by atoms with Crippen LogP contribution < -0.4 is 4.90 Å². The first kappa shape index (κ1) is 14.2. The van der Waals surface area contributed by atoms with Crippen LogP contribution in [-0.2, 0) is 6.54 Å². The van der Waals surface area contributed by atoms with Gasteiger partial charge in [-0.3, -0.25) is 9.67 Å². The molecule has 0 spiro atoms. The molecule has 0 radical (unpaired) electrons. The number of anilines is 1. The Labute approximate surface area is 122 Å². The van der Waals surface area contributed by atoms with E-state index in [1.165, 1.54) is 0 Å². The molecule has 0 atom stereocenters. The Bertz CT molecular complexity index is 608. The SMILES string of the molecule is CCCCn1c(-c2sc(N(C)C)nc2C)n[nH]c1=S. The molecule has 0 saturated heterocycles. The standard InChI is InChI=1S/C12H19N5S2/c1-5-6-7-17-10(14-15-11(17)18)9-8(2)13-12(19-9)16(3)4/h5-7H2,1-4H3,(H,15,18). The zero-order valence-corrected chi connectivity index (χ0v) is 13.4. The average Bonchev–Trinajstić information content (AvgIpc) is 2.90. The van der Waals surface area contributed by atoms with E-state index in [0.717, 1.165) is 40.9 Å². The average molecular weight is 297 g/mol. The molecule has 7 heteroatoms. The predicted molar refractivity (Wildman–Crippen MR) is 82.5 cm³/mol. The van der Waals surface area contributed by atoms with Crippen LogP contribution in [0.4, 0.5) is 5.13 Å². The Morgan fingerprint density at radius 3 is 2.74 bits per heavy atom. The van der Waals surface area contributed by atoms with Gasteiger partial charge in [0.05, 0.1) is 10.6 Å². The number of aromatic nitrogens is 4. The Balaban J connectivity index is 2.44. The number of nitrogens with one attached hydrogen (secondary N) is 1. The lowest BCUT2D eigenvalue weighted by Crippen LogP contribution is -2.07. The number of hydrogen-bond donors (Lipinski definition) is 1. The molecular formula is C12H19N5S2. The predicted octanol–water partition coefficient (Wildman–Crippen LogP) is 3.24. The van der Waals surface area contributed by atoms with Crippen LogP contribution in [0, 0.1) is 11.7 Å². The number of thiazole rings is 1. The third-order valence-corrected chi connectivity index (χ3v) is 4.50. The van der Waals surface area contributed by atoms with E-state index in [1.807, 2.05) is 25.9 Å². The van der Waals surface area contributed by atoms with Gasteiger partial charge in [-0.25, -0.2) is 4.98 Å². The summed E-state index contributed by atoms with van der Waals surface area (Å²) in [6.07, 6.45) is 2.23. The zero-order chi connectivity index (χ0) is 14.0. The van der Waals surface area contributed by atoms with E-state index >= 15 is 0 Å². The normalized spacial score (nSPS) is 10.9. The van der Waals surface area contributed by atoms with Gasteiger partial charge >= 0.3 is 0 Å². The summed E-state index contributed by atoms with van der Waals surface area (Å²) in [5, 5.41) is 8.25. The molecule has 5 nitrogen and oxygen atoms in total. The van der Waals surface area contributed by atoms with Crippen LogP contribution in [0.15, 0.2) is 0 Å². The highest BCUT2D eigenvalue weighted by molar-refractivity contribution is 7.71. The maximum Gasteiger partial charge on any atom is 0.195 e. The summed E-state index contributed by atoms with van der Waals surface area (Å²) >= 11 is 6.95. The quantitative estimate of drug-likeness (QED) is 0.861. The molecule has 0 saturated carbocycles. The molecule has 0 aliphatic carbocycles. The second-order valence-corrected chi connectivity index (χ2v) is 6.03. The van der Waals surface area contributed by atoms with Gasteiger partial charge in [0.15, 0.2) is 15.7 Å². The summed E-state index contributed by atoms with van der Waals surface area (Å²) in [6, 6.07) is 0. The summed E-state index contributed by atoms with van der Waals surface area (Å²) in [4.78, 5) is 7.66. The molecule has 2 rings (SSSR count). The van der Waals surface area contributed by atoms with Crippen LogP contribution in [-0.4, -0.2) is 33.8 Å². The molecule has 0 unspecified atom stereocenters. The molecule has 0 fully saturated rings. The van der Waals surface area contributed by atoms with E-state index < -0.39 is 0 Å². The van der Waals surface area contributed by atoms with Gasteiger partial charge in [0.1, 0.15) is 0 Å². The van der Waals surface area contributed by atoms with E-state index in [0.29, 0.717) is 4.77 Å². The monoisotopic (exact) mass is 297 g/mol. The number of rotatable bonds is 5. The fraction of sp³-hybridized carbons (Fsp3) is 0.583. The van der Waals surface area contributed by atoms with Crippen molar-refractivity contribution in [3.63, 3.8) is 0 Å². The minimum absolute atomic E-state index is 0.683. The highest BCUT2D eigenvalue weighted by atomic mass is 32.1. The molecule has 0 bridgehead atoms. The van der Waals surface area contributed by atoms with Crippen molar-refractivity contribution in [1.29, 1.82) is 0 Å². The van der Waals surface area contributed by atoms with Gasteiger partial charge < -0.3 is 4.90 Å². The number of hydrogen-bond acceptors (Lipinski definition) is 5. The first-order chi connectivity index (χ1) is 9.04. The number of aryl methyl sites for hydroxylation is 1. The molecule has 0 amide bonds. The lowest BCUT2D eigenvalue weighted by molar-refractivity contribution is 0.629. The summed E-state index contributed by atoms with van der Waals surface area (Å²) in [5.41, 5.74) is 1.00. The second kappa shape index (κ2) is 5.83. The maximum absolute atomic E-state index is 5.31. The van der Waals surface area contributed by atoms with E-state index in [4.69, 9.17) is 12.2 Å². The Kier molecular flexibility index (Phi) is 4.36. The van der Waals surface area contributed by atoms with E-state index in [1.54, 1.807) is 11.3 Å². The molecule has 1 N–H and O–H groups in total. The molecule has 0 aliphatic rings. The van der Waals surface area contributed by atoms with Gasteiger partial charge in [-0.1, -0.05) is 24.7 Å². The molecular weight excluding hydrogens is 278 g/mol. The van der Waals surface area contributed by atoms with Crippen molar-refractivity contribution in [3.05, 3.63) is 10.5 Å². The molecule has 0 aromatic carbocycles. The van der Waals surface area contributed by atoms with Gasteiger partial charge in [-0.05, 0) is 25.6 Å². The highest BCUT2D eigenvalue weighted by Gasteiger charge is 2.16. The minimum atomic E-state index is 0.683. The first-order valence-electron chi connectivity index (χ1n) is 6.35. The minimum Gasteiger partial charge on any atom is -0.354 e. The third kappa shape index (κ3) is 2.87. The molecule has 2 heterocycles. The number of aromatic amines is 1. The molecule has 2 aromatic rings. The zero-order valence-electron chi connectivity index (χ0n) is 11.7. The van der Waals surface area contributed by atoms with Crippen molar-refractivity contribution < 1.29 is 0 Å². The largest absolute Gasteiger partial charge is 0.354 e. The fourth-order valence-electron chi connectivity index (χ4n) is 1.80. The van der Waals surface area contributed by atoms with Gasteiger partial charge in [-0.2, -0.15) is 5.10 Å². The third-order valence-electron chi connectivity index (χ3n) is 2.86. The molecule has 104 valence electrons. The Morgan fingerprint density at radius 2 is 2.16 bits per heavy atom. The lowest BCUT2D eigenvalue weighted by atomic mass is 10.3. The molecule has 2 aromatic heterocycles. The highest BCUT2D eigenvalue weighted by Crippen LogP contribution is 2.32. The Hall–Kier alpha value is -1.21. The smallest absolute Gasteiger partial charge is 0.195 e. The van der Waals surface area contributed by atoms with Crippen LogP contribution in [0.5, 0.6) is 0 Å². The van der Waals surface area contributed by atoms with Crippen LogP contribution >= 0.6 is 23.6 Å². The fourth-order valence-corrected chi connectivity index (χ4v) is 3.01. The lowest BCUT2D eigenvalue weighted by Gasteiger charge is -2.05. The summed E-state index contributed by atoms with van der Waals surface area (Å²) < 4.78 is 2.75. The van der Waals surface area contributed by atoms with Crippen molar-refractivity contribution in [2.45, 2.75) is 33.2 Å². The van der Waals surface area contributed by atoms with Crippen molar-refractivity contribution >= 4 is 28.7 Å². The maximum atomic E-state index is 5.31. The van der Waals surface area contributed by atoms with Crippen molar-refractivity contribution in [3.8, 4) is 10.7 Å². The molecule has 0 aliphatic heterocycles. The number of unbranched alkanes of at least 4 members (excludes halogenated alkanes) is 1. The first-order valence-corrected chi connectivity index (χ1v) is 7.57. The van der Waals surface area contributed by atoms with Crippen LogP contribution in [0.3, 0.4) is 0 Å². The Morgan fingerprint density at radius 1 is 1.42 bits per heavy atom.